The minimum atomic E-state index is -0.532. The summed E-state index contributed by atoms with van der Waals surface area (Å²) in [5.41, 5.74) is -0.632. The van der Waals surface area contributed by atoms with Gasteiger partial charge in [0, 0.05) is 7.05 Å². The fraction of sp³-hybridized carbons (Fsp3) is 0.286. The smallest absolute Gasteiger partial charge is 0.329 e. The van der Waals surface area contributed by atoms with E-state index in [0.29, 0.717) is 0 Å². The van der Waals surface area contributed by atoms with Crippen molar-refractivity contribution in [3.8, 4) is 0 Å². The Kier molecular flexibility index (Phi) is 1.74. The van der Waals surface area contributed by atoms with Crippen LogP contribution in [-0.2, 0) is 13.7 Å². The highest BCUT2D eigenvalue weighted by atomic mass is 16.3. The van der Waals surface area contributed by atoms with Crippen LogP contribution in [0.1, 0.15) is 5.82 Å². The summed E-state index contributed by atoms with van der Waals surface area (Å²) in [6.07, 6.45) is 0. The molecule has 0 unspecified atom stereocenters. The van der Waals surface area contributed by atoms with E-state index in [2.05, 4.69) is 15.0 Å². The number of aliphatic hydroxyl groups excluding tert-OH is 1. The van der Waals surface area contributed by atoms with E-state index >= 15 is 0 Å². The average Bonchev–Trinajstić information content (AvgIpc) is 2.58. The molecular formula is C7H8N4O3. The van der Waals surface area contributed by atoms with E-state index in [1.165, 1.54) is 11.6 Å². The Morgan fingerprint density at radius 1 is 1.43 bits per heavy atom. The number of H-pyrrole nitrogens is 2. The van der Waals surface area contributed by atoms with Crippen LogP contribution in [0.25, 0.3) is 11.2 Å². The molecule has 2 aromatic rings. The molecule has 7 nitrogen and oxygen atoms in total. The molecule has 0 atom stereocenters. The number of aryl methyl sites for hydroxylation is 1. The Morgan fingerprint density at radius 2 is 2.14 bits per heavy atom. The predicted octanol–water partition coefficient (Wildman–Crippen LogP) is -1.56. The zero-order valence-electron chi connectivity index (χ0n) is 7.37. The molecule has 2 aromatic heterocycles. The number of nitrogens with zero attached hydrogens (tertiary/aromatic N) is 2. The molecule has 0 saturated heterocycles. The summed E-state index contributed by atoms with van der Waals surface area (Å²) >= 11 is 0. The Morgan fingerprint density at radius 3 is 2.79 bits per heavy atom. The first-order valence-electron chi connectivity index (χ1n) is 3.92. The number of nitrogens with one attached hydrogen (secondary N) is 2. The van der Waals surface area contributed by atoms with E-state index in [1.54, 1.807) is 0 Å². The maximum absolute atomic E-state index is 11.3. The van der Waals surface area contributed by atoms with Crippen molar-refractivity contribution in [1.82, 2.24) is 19.5 Å². The van der Waals surface area contributed by atoms with Crippen molar-refractivity contribution in [2.75, 3.05) is 0 Å². The lowest BCUT2D eigenvalue weighted by Gasteiger charge is -1.94. The minimum Gasteiger partial charge on any atom is -0.388 e. The normalized spacial score (nSPS) is 11.0. The molecule has 0 bridgehead atoms. The highest BCUT2D eigenvalue weighted by Gasteiger charge is 2.09. The zero-order chi connectivity index (χ0) is 10.3. The SMILES string of the molecule is Cn1c(=O)[nH]c(=O)c2[nH]c(CO)nc21. The highest BCUT2D eigenvalue weighted by molar-refractivity contribution is 5.69. The number of aromatic amines is 2. The number of fused-ring (bicyclic) bond motifs is 1. The predicted molar refractivity (Wildman–Crippen MR) is 47.9 cm³/mol. The molecule has 74 valence electrons. The van der Waals surface area contributed by atoms with E-state index in [1.807, 2.05) is 0 Å². The topological polar surface area (TPSA) is 104 Å². The molecule has 0 fully saturated rings. The molecule has 0 aromatic carbocycles. The van der Waals surface area contributed by atoms with Crippen LogP contribution in [0.4, 0.5) is 0 Å². The molecular weight excluding hydrogens is 188 g/mol. The monoisotopic (exact) mass is 196 g/mol. The second-order valence-corrected chi connectivity index (χ2v) is 2.86. The van der Waals surface area contributed by atoms with Gasteiger partial charge in [-0.1, -0.05) is 0 Å². The van der Waals surface area contributed by atoms with Crippen molar-refractivity contribution in [2.24, 2.45) is 7.05 Å². The second-order valence-electron chi connectivity index (χ2n) is 2.86. The van der Waals surface area contributed by atoms with E-state index in [0.717, 1.165) is 0 Å². The number of aromatic nitrogens is 4. The zero-order valence-corrected chi connectivity index (χ0v) is 7.37. The number of hydrogen-bond acceptors (Lipinski definition) is 4. The quantitative estimate of drug-likeness (QED) is 0.513. The van der Waals surface area contributed by atoms with Crippen molar-refractivity contribution >= 4 is 11.2 Å². The molecule has 0 aliphatic heterocycles. The Hall–Kier alpha value is -1.89. The first-order chi connectivity index (χ1) is 6.63. The van der Waals surface area contributed by atoms with Crippen LogP contribution in [0.15, 0.2) is 9.59 Å². The molecule has 7 heteroatoms. The molecule has 0 aliphatic rings. The van der Waals surface area contributed by atoms with Crippen LogP contribution >= 0.6 is 0 Å². The molecule has 3 N–H and O–H groups in total. The maximum Gasteiger partial charge on any atom is 0.329 e. The van der Waals surface area contributed by atoms with Gasteiger partial charge in [-0.2, -0.15) is 0 Å². The lowest BCUT2D eigenvalue weighted by Crippen LogP contribution is -2.28. The highest BCUT2D eigenvalue weighted by Crippen LogP contribution is 2.02. The van der Waals surface area contributed by atoms with Crippen LogP contribution < -0.4 is 11.2 Å². The van der Waals surface area contributed by atoms with Crippen LogP contribution in [-0.4, -0.2) is 24.6 Å². The van der Waals surface area contributed by atoms with Gasteiger partial charge in [-0.15, -0.1) is 0 Å². The fourth-order valence-electron chi connectivity index (χ4n) is 1.23. The summed E-state index contributed by atoms with van der Waals surface area (Å²) in [7, 11) is 1.49. The lowest BCUT2D eigenvalue weighted by molar-refractivity contribution is 0.273. The number of hydrogen-bond donors (Lipinski definition) is 3. The molecule has 0 aliphatic carbocycles. The third-order valence-corrected chi connectivity index (χ3v) is 1.95. The molecule has 0 amide bonds. The van der Waals surface area contributed by atoms with Crippen molar-refractivity contribution in [3.63, 3.8) is 0 Å². The van der Waals surface area contributed by atoms with Gasteiger partial charge in [0.05, 0.1) is 0 Å². The third kappa shape index (κ3) is 1.06. The molecule has 0 spiro atoms. The largest absolute Gasteiger partial charge is 0.388 e. The average molecular weight is 196 g/mol. The molecule has 0 radical (unpaired) electrons. The molecule has 14 heavy (non-hydrogen) atoms. The number of rotatable bonds is 1. The molecule has 0 saturated carbocycles. The van der Waals surface area contributed by atoms with Crippen LogP contribution in [0.2, 0.25) is 0 Å². The number of imidazole rings is 1. The first kappa shape index (κ1) is 8.70. The van der Waals surface area contributed by atoms with Gasteiger partial charge >= 0.3 is 5.69 Å². The van der Waals surface area contributed by atoms with Gasteiger partial charge in [-0.25, -0.2) is 9.78 Å². The first-order valence-corrected chi connectivity index (χ1v) is 3.92. The summed E-state index contributed by atoms with van der Waals surface area (Å²) in [6.45, 7) is -0.303. The van der Waals surface area contributed by atoms with E-state index in [4.69, 9.17) is 5.11 Å². The van der Waals surface area contributed by atoms with Gasteiger partial charge in [-0.3, -0.25) is 14.3 Å². The van der Waals surface area contributed by atoms with Crippen LogP contribution in [0, 0.1) is 0 Å². The summed E-state index contributed by atoms with van der Waals surface area (Å²) in [5.74, 6) is 0.256. The van der Waals surface area contributed by atoms with E-state index < -0.39 is 11.2 Å². The minimum absolute atomic E-state index is 0.191. The third-order valence-electron chi connectivity index (χ3n) is 1.95. The van der Waals surface area contributed by atoms with Gasteiger partial charge < -0.3 is 10.1 Å². The van der Waals surface area contributed by atoms with E-state index in [9.17, 15) is 9.59 Å². The van der Waals surface area contributed by atoms with Crippen LogP contribution in [0.3, 0.4) is 0 Å². The Balaban J connectivity index is 2.99. The van der Waals surface area contributed by atoms with E-state index in [-0.39, 0.29) is 23.6 Å². The van der Waals surface area contributed by atoms with Gasteiger partial charge in [0.1, 0.15) is 17.9 Å². The standard InChI is InChI=1S/C7H8N4O3/c1-11-5-4(6(13)10-7(11)14)8-3(2-12)9-5/h12H,2H2,1H3,(H,8,9)(H,10,13,14). The summed E-state index contributed by atoms with van der Waals surface area (Å²) in [4.78, 5) is 31.0. The van der Waals surface area contributed by atoms with Gasteiger partial charge in [0.25, 0.3) is 5.56 Å². The van der Waals surface area contributed by atoms with Crippen molar-refractivity contribution in [3.05, 3.63) is 26.7 Å². The summed E-state index contributed by atoms with van der Waals surface area (Å²) in [6, 6.07) is 0. The van der Waals surface area contributed by atoms with Crippen molar-refractivity contribution < 1.29 is 5.11 Å². The summed E-state index contributed by atoms with van der Waals surface area (Å²) < 4.78 is 1.20. The molecule has 2 rings (SSSR count). The van der Waals surface area contributed by atoms with Crippen molar-refractivity contribution in [2.45, 2.75) is 6.61 Å². The van der Waals surface area contributed by atoms with Crippen molar-refractivity contribution in [1.29, 1.82) is 0 Å². The van der Waals surface area contributed by atoms with Gasteiger partial charge in [-0.05, 0) is 0 Å². The van der Waals surface area contributed by atoms with Crippen LogP contribution in [0.5, 0.6) is 0 Å². The second kappa shape index (κ2) is 2.81. The maximum atomic E-state index is 11.3. The Labute approximate surface area is 77.0 Å². The molecule has 2 heterocycles. The van der Waals surface area contributed by atoms with Gasteiger partial charge in [0.2, 0.25) is 0 Å². The fourth-order valence-corrected chi connectivity index (χ4v) is 1.23. The van der Waals surface area contributed by atoms with Gasteiger partial charge in [0.15, 0.2) is 5.65 Å². The Bertz CT molecular complexity index is 591. The number of aliphatic hydroxyl groups is 1. The lowest BCUT2D eigenvalue weighted by atomic mass is 10.5. The summed E-state index contributed by atoms with van der Waals surface area (Å²) in [5, 5.41) is 8.80.